The summed E-state index contributed by atoms with van der Waals surface area (Å²) in [6.45, 7) is 8.13. The molecular weight excluding hydrogens is 244 g/mol. The van der Waals surface area contributed by atoms with E-state index in [2.05, 4.69) is 54.4 Å². The fraction of sp³-hybridized carbons (Fsp3) is 0.667. The Balaban J connectivity index is 1.96. The minimum atomic E-state index is 0.658. The van der Waals surface area contributed by atoms with Gasteiger partial charge in [0, 0.05) is 24.8 Å². The SMILES string of the molecule is CCCCN(CC1CC(CC)CCN1)c1ccccc1. The summed E-state index contributed by atoms with van der Waals surface area (Å²) in [7, 11) is 0. The first kappa shape index (κ1) is 15.4. The molecular formula is C18H30N2. The highest BCUT2D eigenvalue weighted by molar-refractivity contribution is 5.46. The molecule has 1 aromatic rings. The van der Waals surface area contributed by atoms with Crippen molar-refractivity contribution in [1.82, 2.24) is 5.32 Å². The number of hydrogen-bond donors (Lipinski definition) is 1. The highest BCUT2D eigenvalue weighted by Crippen LogP contribution is 2.22. The van der Waals surface area contributed by atoms with E-state index < -0.39 is 0 Å². The van der Waals surface area contributed by atoms with Crippen molar-refractivity contribution in [2.75, 3.05) is 24.5 Å². The van der Waals surface area contributed by atoms with Crippen molar-refractivity contribution >= 4 is 5.69 Å². The number of benzene rings is 1. The third kappa shape index (κ3) is 4.52. The van der Waals surface area contributed by atoms with Crippen molar-refractivity contribution in [1.29, 1.82) is 0 Å². The van der Waals surface area contributed by atoms with E-state index in [1.54, 1.807) is 0 Å². The summed E-state index contributed by atoms with van der Waals surface area (Å²) < 4.78 is 0. The Morgan fingerprint density at radius 3 is 2.70 bits per heavy atom. The van der Waals surface area contributed by atoms with Crippen LogP contribution in [0.3, 0.4) is 0 Å². The summed E-state index contributed by atoms with van der Waals surface area (Å²) in [5, 5.41) is 3.72. The lowest BCUT2D eigenvalue weighted by Gasteiger charge is -2.35. The summed E-state index contributed by atoms with van der Waals surface area (Å²) in [6.07, 6.45) is 6.57. The summed E-state index contributed by atoms with van der Waals surface area (Å²) >= 11 is 0. The van der Waals surface area contributed by atoms with E-state index >= 15 is 0 Å². The van der Waals surface area contributed by atoms with Crippen molar-refractivity contribution < 1.29 is 0 Å². The van der Waals surface area contributed by atoms with Crippen molar-refractivity contribution in [3.8, 4) is 0 Å². The molecule has 2 unspecified atom stereocenters. The minimum absolute atomic E-state index is 0.658. The Kier molecular flexibility index (Phi) is 6.38. The molecule has 0 aliphatic carbocycles. The highest BCUT2D eigenvalue weighted by Gasteiger charge is 2.22. The molecule has 1 N–H and O–H groups in total. The molecule has 1 fully saturated rings. The maximum atomic E-state index is 3.72. The van der Waals surface area contributed by atoms with Crippen molar-refractivity contribution in [3.63, 3.8) is 0 Å². The number of para-hydroxylation sites is 1. The van der Waals surface area contributed by atoms with Crippen LogP contribution in [0.25, 0.3) is 0 Å². The van der Waals surface area contributed by atoms with Crippen LogP contribution in [-0.2, 0) is 0 Å². The lowest BCUT2D eigenvalue weighted by molar-refractivity contribution is 0.295. The quantitative estimate of drug-likeness (QED) is 0.806. The number of hydrogen-bond acceptors (Lipinski definition) is 2. The van der Waals surface area contributed by atoms with Crippen LogP contribution >= 0.6 is 0 Å². The van der Waals surface area contributed by atoms with E-state index in [-0.39, 0.29) is 0 Å². The number of piperidine rings is 1. The lowest BCUT2D eigenvalue weighted by Crippen LogP contribution is -2.46. The van der Waals surface area contributed by atoms with Gasteiger partial charge in [0.1, 0.15) is 0 Å². The molecule has 2 heteroatoms. The molecule has 0 aromatic heterocycles. The van der Waals surface area contributed by atoms with Crippen LogP contribution in [0.1, 0.15) is 46.0 Å². The second kappa shape index (κ2) is 8.31. The molecule has 0 spiro atoms. The first-order chi connectivity index (χ1) is 9.83. The van der Waals surface area contributed by atoms with Crippen LogP contribution in [0.5, 0.6) is 0 Å². The van der Waals surface area contributed by atoms with Crippen LogP contribution in [0, 0.1) is 5.92 Å². The molecule has 2 nitrogen and oxygen atoms in total. The van der Waals surface area contributed by atoms with Gasteiger partial charge in [0.2, 0.25) is 0 Å². The third-order valence-corrected chi connectivity index (χ3v) is 4.52. The van der Waals surface area contributed by atoms with Gasteiger partial charge in [-0.1, -0.05) is 44.9 Å². The molecule has 0 bridgehead atoms. The van der Waals surface area contributed by atoms with Gasteiger partial charge in [-0.15, -0.1) is 0 Å². The molecule has 112 valence electrons. The van der Waals surface area contributed by atoms with Crippen LogP contribution in [0.15, 0.2) is 30.3 Å². The molecule has 1 saturated heterocycles. The van der Waals surface area contributed by atoms with Crippen LogP contribution < -0.4 is 10.2 Å². The van der Waals surface area contributed by atoms with E-state index in [0.29, 0.717) is 6.04 Å². The number of unbranched alkanes of at least 4 members (excludes halogenated alkanes) is 1. The maximum absolute atomic E-state index is 3.72. The minimum Gasteiger partial charge on any atom is -0.370 e. The van der Waals surface area contributed by atoms with E-state index in [9.17, 15) is 0 Å². The van der Waals surface area contributed by atoms with Crippen molar-refractivity contribution in [2.45, 2.75) is 52.0 Å². The zero-order chi connectivity index (χ0) is 14.2. The van der Waals surface area contributed by atoms with Gasteiger partial charge in [-0.05, 0) is 43.9 Å². The van der Waals surface area contributed by atoms with Gasteiger partial charge < -0.3 is 10.2 Å². The summed E-state index contributed by atoms with van der Waals surface area (Å²) in [4.78, 5) is 2.57. The van der Waals surface area contributed by atoms with Crippen LogP contribution in [0.4, 0.5) is 5.69 Å². The van der Waals surface area contributed by atoms with E-state index in [1.807, 2.05) is 0 Å². The molecule has 2 rings (SSSR count). The molecule has 1 aliphatic rings. The smallest absolute Gasteiger partial charge is 0.0366 e. The van der Waals surface area contributed by atoms with E-state index in [0.717, 1.165) is 12.5 Å². The van der Waals surface area contributed by atoms with Gasteiger partial charge in [0.15, 0.2) is 0 Å². The summed E-state index contributed by atoms with van der Waals surface area (Å²) in [6, 6.07) is 11.6. The number of nitrogens with zero attached hydrogens (tertiary/aromatic N) is 1. The van der Waals surface area contributed by atoms with Gasteiger partial charge in [-0.2, -0.15) is 0 Å². The first-order valence-electron chi connectivity index (χ1n) is 8.36. The zero-order valence-corrected chi connectivity index (χ0v) is 13.1. The Hall–Kier alpha value is -1.02. The Bertz CT molecular complexity index is 363. The number of nitrogens with one attached hydrogen (secondary N) is 1. The van der Waals surface area contributed by atoms with Crippen LogP contribution in [-0.4, -0.2) is 25.7 Å². The molecule has 2 atom stereocenters. The zero-order valence-electron chi connectivity index (χ0n) is 13.1. The van der Waals surface area contributed by atoms with E-state index in [1.165, 1.54) is 50.9 Å². The lowest BCUT2D eigenvalue weighted by atomic mass is 9.90. The normalized spacial score (nSPS) is 22.7. The standard InChI is InChI=1S/C18H30N2/c1-3-5-13-20(18-9-7-6-8-10-18)15-17-14-16(4-2)11-12-19-17/h6-10,16-17,19H,3-5,11-15H2,1-2H3. The maximum Gasteiger partial charge on any atom is 0.0366 e. The third-order valence-electron chi connectivity index (χ3n) is 4.52. The highest BCUT2D eigenvalue weighted by atomic mass is 15.2. The largest absolute Gasteiger partial charge is 0.370 e. The Labute approximate surface area is 124 Å². The van der Waals surface area contributed by atoms with Gasteiger partial charge in [-0.3, -0.25) is 0 Å². The van der Waals surface area contributed by atoms with Crippen LogP contribution in [0.2, 0.25) is 0 Å². The van der Waals surface area contributed by atoms with E-state index in [4.69, 9.17) is 0 Å². The monoisotopic (exact) mass is 274 g/mol. The predicted molar refractivity (Wildman–Crippen MR) is 88.4 cm³/mol. The average Bonchev–Trinajstić information content (AvgIpc) is 2.52. The molecule has 1 aromatic carbocycles. The Morgan fingerprint density at radius 2 is 2.00 bits per heavy atom. The van der Waals surface area contributed by atoms with Gasteiger partial charge in [0.05, 0.1) is 0 Å². The number of rotatable bonds is 7. The fourth-order valence-corrected chi connectivity index (χ4v) is 3.18. The second-order valence-corrected chi connectivity index (χ2v) is 6.08. The molecule has 0 radical (unpaired) electrons. The second-order valence-electron chi connectivity index (χ2n) is 6.08. The molecule has 1 heterocycles. The topological polar surface area (TPSA) is 15.3 Å². The fourth-order valence-electron chi connectivity index (χ4n) is 3.18. The Morgan fingerprint density at radius 1 is 1.20 bits per heavy atom. The summed E-state index contributed by atoms with van der Waals surface area (Å²) in [5.41, 5.74) is 1.38. The average molecular weight is 274 g/mol. The number of anilines is 1. The van der Waals surface area contributed by atoms with Gasteiger partial charge in [0.25, 0.3) is 0 Å². The van der Waals surface area contributed by atoms with Crippen molar-refractivity contribution in [2.24, 2.45) is 5.92 Å². The molecule has 1 aliphatic heterocycles. The molecule has 0 amide bonds. The molecule has 20 heavy (non-hydrogen) atoms. The van der Waals surface area contributed by atoms with Gasteiger partial charge >= 0.3 is 0 Å². The molecule has 0 saturated carbocycles. The summed E-state index contributed by atoms with van der Waals surface area (Å²) in [5.74, 6) is 0.921. The van der Waals surface area contributed by atoms with Crippen molar-refractivity contribution in [3.05, 3.63) is 30.3 Å². The first-order valence-corrected chi connectivity index (χ1v) is 8.36. The predicted octanol–water partition coefficient (Wildman–Crippen LogP) is 4.07. The van der Waals surface area contributed by atoms with Gasteiger partial charge in [-0.25, -0.2) is 0 Å².